The summed E-state index contributed by atoms with van der Waals surface area (Å²) in [6, 6.07) is 9.94. The Morgan fingerprint density at radius 1 is 0.750 bits per heavy atom. The van der Waals surface area contributed by atoms with Crippen LogP contribution in [0.1, 0.15) is 0 Å². The maximum absolute atomic E-state index is 9.77. The third kappa shape index (κ3) is 2.27. The van der Waals surface area contributed by atoms with Gasteiger partial charge in [-0.15, -0.1) is 0 Å². The second-order valence-corrected chi connectivity index (χ2v) is 4.57. The van der Waals surface area contributed by atoms with E-state index < -0.39 is 0 Å². The average Bonchev–Trinajstić information content (AvgIpc) is 2.22. The molecule has 2 aromatic rings. The van der Waals surface area contributed by atoms with Crippen LogP contribution in [0.5, 0.6) is 5.75 Å². The normalized spacial score (nSPS) is 10.4. The lowest BCUT2D eigenvalue weighted by Gasteiger charge is -2.07. The highest BCUT2D eigenvalue weighted by Gasteiger charge is 2.09. The van der Waals surface area contributed by atoms with Crippen molar-refractivity contribution >= 4 is 34.8 Å². The zero-order valence-corrected chi connectivity index (χ0v) is 10.3. The Morgan fingerprint density at radius 3 is 2.06 bits per heavy atom. The van der Waals surface area contributed by atoms with Gasteiger partial charge in [0.05, 0.1) is 0 Å². The summed E-state index contributed by atoms with van der Waals surface area (Å²) in [5, 5.41) is 11.3. The fourth-order valence-corrected chi connectivity index (χ4v) is 1.99. The van der Waals surface area contributed by atoms with Crippen LogP contribution < -0.4 is 0 Å². The van der Waals surface area contributed by atoms with E-state index in [1.54, 1.807) is 30.3 Å². The van der Waals surface area contributed by atoms with E-state index in [-0.39, 0.29) is 5.75 Å². The first-order chi connectivity index (χ1) is 7.58. The van der Waals surface area contributed by atoms with Crippen molar-refractivity contribution in [2.24, 2.45) is 0 Å². The Labute approximate surface area is 108 Å². The van der Waals surface area contributed by atoms with E-state index in [9.17, 15) is 5.11 Å². The van der Waals surface area contributed by atoms with Crippen molar-refractivity contribution in [2.75, 3.05) is 0 Å². The highest BCUT2D eigenvalue weighted by atomic mass is 35.5. The van der Waals surface area contributed by atoms with Gasteiger partial charge in [0.15, 0.2) is 0 Å². The second kappa shape index (κ2) is 4.54. The topological polar surface area (TPSA) is 20.2 Å². The molecule has 0 aliphatic heterocycles. The van der Waals surface area contributed by atoms with Crippen LogP contribution in [0.3, 0.4) is 0 Å². The predicted molar refractivity (Wildman–Crippen MR) is 68.6 cm³/mol. The smallest absolute Gasteiger partial charge is 0.124 e. The number of phenolic OH excluding ortho intramolecular Hbond substituents is 1. The molecule has 2 rings (SSSR count). The molecule has 0 aliphatic rings. The van der Waals surface area contributed by atoms with E-state index in [1.165, 1.54) is 6.07 Å². The Hall–Kier alpha value is -0.890. The lowest BCUT2D eigenvalue weighted by molar-refractivity contribution is 0.477. The molecule has 16 heavy (non-hydrogen) atoms. The lowest BCUT2D eigenvalue weighted by Crippen LogP contribution is -1.81. The van der Waals surface area contributed by atoms with E-state index >= 15 is 0 Å². The zero-order chi connectivity index (χ0) is 11.7. The maximum atomic E-state index is 9.77. The SMILES string of the molecule is Oc1cc(Cl)ccc1-c1cc(Cl)ccc1Cl. The van der Waals surface area contributed by atoms with Crippen molar-refractivity contribution in [3.05, 3.63) is 51.5 Å². The van der Waals surface area contributed by atoms with Gasteiger partial charge in [0, 0.05) is 26.2 Å². The molecule has 1 N–H and O–H groups in total. The summed E-state index contributed by atoms with van der Waals surface area (Å²) in [7, 11) is 0. The largest absolute Gasteiger partial charge is 0.507 e. The number of hydrogen-bond donors (Lipinski definition) is 1. The minimum Gasteiger partial charge on any atom is -0.507 e. The van der Waals surface area contributed by atoms with Gasteiger partial charge in [0.25, 0.3) is 0 Å². The maximum Gasteiger partial charge on any atom is 0.124 e. The molecule has 0 heterocycles. The second-order valence-electron chi connectivity index (χ2n) is 3.29. The van der Waals surface area contributed by atoms with E-state index in [4.69, 9.17) is 34.8 Å². The first-order valence-corrected chi connectivity index (χ1v) is 5.65. The Morgan fingerprint density at radius 2 is 1.38 bits per heavy atom. The molecular weight excluding hydrogens is 266 g/mol. The van der Waals surface area contributed by atoms with Crippen molar-refractivity contribution in [3.63, 3.8) is 0 Å². The van der Waals surface area contributed by atoms with Crippen molar-refractivity contribution in [1.29, 1.82) is 0 Å². The van der Waals surface area contributed by atoms with Crippen molar-refractivity contribution in [3.8, 4) is 16.9 Å². The van der Waals surface area contributed by atoms with Crippen LogP contribution in [-0.4, -0.2) is 5.11 Å². The van der Waals surface area contributed by atoms with Gasteiger partial charge in [-0.25, -0.2) is 0 Å². The first kappa shape index (κ1) is 11.6. The molecule has 0 aromatic heterocycles. The van der Waals surface area contributed by atoms with E-state index in [2.05, 4.69) is 0 Å². The fraction of sp³-hybridized carbons (Fsp3) is 0. The van der Waals surface area contributed by atoms with Crippen molar-refractivity contribution in [2.45, 2.75) is 0 Å². The molecule has 4 heteroatoms. The molecule has 1 nitrogen and oxygen atoms in total. The van der Waals surface area contributed by atoms with Crippen LogP contribution in [0.2, 0.25) is 15.1 Å². The molecule has 0 atom stereocenters. The molecule has 0 fully saturated rings. The third-order valence-corrected chi connectivity index (χ3v) is 2.98. The van der Waals surface area contributed by atoms with Gasteiger partial charge >= 0.3 is 0 Å². The summed E-state index contributed by atoms with van der Waals surface area (Å²) in [5.41, 5.74) is 1.29. The monoisotopic (exact) mass is 272 g/mol. The summed E-state index contributed by atoms with van der Waals surface area (Å²) in [5.74, 6) is 0.0802. The minimum absolute atomic E-state index is 0.0802. The van der Waals surface area contributed by atoms with Gasteiger partial charge in [-0.05, 0) is 36.4 Å². The molecule has 0 amide bonds. The molecular formula is C12H7Cl3O. The van der Waals surface area contributed by atoms with Gasteiger partial charge in [0.1, 0.15) is 5.75 Å². The lowest BCUT2D eigenvalue weighted by atomic mass is 10.0. The van der Waals surface area contributed by atoms with Crippen LogP contribution in [0, 0.1) is 0 Å². The number of aromatic hydroxyl groups is 1. The molecule has 0 saturated heterocycles. The van der Waals surface area contributed by atoms with Gasteiger partial charge in [-0.2, -0.15) is 0 Å². The Kier molecular flexibility index (Phi) is 3.29. The van der Waals surface area contributed by atoms with Gasteiger partial charge in [0.2, 0.25) is 0 Å². The highest BCUT2D eigenvalue weighted by molar-refractivity contribution is 6.35. The Bertz CT molecular complexity index is 538. The summed E-state index contributed by atoms with van der Waals surface area (Å²) < 4.78 is 0. The van der Waals surface area contributed by atoms with E-state index in [0.29, 0.717) is 26.2 Å². The van der Waals surface area contributed by atoms with Crippen molar-refractivity contribution < 1.29 is 5.11 Å². The summed E-state index contributed by atoms with van der Waals surface area (Å²) >= 11 is 17.7. The van der Waals surface area contributed by atoms with Gasteiger partial charge in [-0.1, -0.05) is 34.8 Å². The van der Waals surface area contributed by atoms with Crippen molar-refractivity contribution in [1.82, 2.24) is 0 Å². The molecule has 0 saturated carbocycles. The highest BCUT2D eigenvalue weighted by Crippen LogP contribution is 2.37. The van der Waals surface area contributed by atoms with E-state index in [1.807, 2.05) is 0 Å². The average molecular weight is 274 g/mol. The molecule has 0 unspecified atom stereocenters. The summed E-state index contributed by atoms with van der Waals surface area (Å²) in [6.07, 6.45) is 0. The molecule has 0 spiro atoms. The van der Waals surface area contributed by atoms with Crippen LogP contribution in [-0.2, 0) is 0 Å². The first-order valence-electron chi connectivity index (χ1n) is 4.52. The number of benzene rings is 2. The summed E-state index contributed by atoms with van der Waals surface area (Å²) in [4.78, 5) is 0. The Balaban J connectivity index is 2.62. The number of halogens is 3. The standard InChI is InChI=1S/C12H7Cl3O/c13-7-2-4-11(15)10(5-7)9-3-1-8(14)6-12(9)16/h1-6,16H. The molecule has 0 aliphatic carbocycles. The molecule has 0 bridgehead atoms. The minimum atomic E-state index is 0.0802. The number of hydrogen-bond acceptors (Lipinski definition) is 1. The zero-order valence-electron chi connectivity index (χ0n) is 8.05. The summed E-state index contributed by atoms with van der Waals surface area (Å²) in [6.45, 7) is 0. The van der Waals surface area contributed by atoms with Crippen LogP contribution >= 0.6 is 34.8 Å². The predicted octanol–water partition coefficient (Wildman–Crippen LogP) is 5.02. The van der Waals surface area contributed by atoms with Crippen LogP contribution in [0.4, 0.5) is 0 Å². The molecule has 0 radical (unpaired) electrons. The van der Waals surface area contributed by atoms with Crippen LogP contribution in [0.15, 0.2) is 36.4 Å². The van der Waals surface area contributed by atoms with Gasteiger partial charge < -0.3 is 5.11 Å². The fourth-order valence-electron chi connectivity index (χ4n) is 1.44. The third-order valence-electron chi connectivity index (χ3n) is 2.18. The number of rotatable bonds is 1. The number of phenols is 1. The quantitative estimate of drug-likeness (QED) is 0.773. The van der Waals surface area contributed by atoms with Gasteiger partial charge in [-0.3, -0.25) is 0 Å². The molecule has 2 aromatic carbocycles. The van der Waals surface area contributed by atoms with Crippen LogP contribution in [0.25, 0.3) is 11.1 Å². The molecule has 82 valence electrons. The van der Waals surface area contributed by atoms with E-state index in [0.717, 1.165) is 0 Å².